The lowest BCUT2D eigenvalue weighted by Crippen LogP contribution is -2.17. The van der Waals surface area contributed by atoms with E-state index >= 15 is 0 Å². The van der Waals surface area contributed by atoms with Gasteiger partial charge in [-0.2, -0.15) is 0 Å². The SMILES string of the molecule is C=S(C)NCCNc1cc(=S)c2scc(Br)c2o1. The van der Waals surface area contributed by atoms with E-state index in [4.69, 9.17) is 16.6 Å². The van der Waals surface area contributed by atoms with Crippen molar-refractivity contribution in [1.29, 1.82) is 0 Å². The molecule has 2 aromatic rings. The van der Waals surface area contributed by atoms with Gasteiger partial charge in [0.15, 0.2) is 11.5 Å². The summed E-state index contributed by atoms with van der Waals surface area (Å²) in [6.07, 6.45) is 2.04. The maximum Gasteiger partial charge on any atom is 0.195 e. The van der Waals surface area contributed by atoms with E-state index in [1.54, 1.807) is 11.3 Å². The van der Waals surface area contributed by atoms with Crippen molar-refractivity contribution in [3.05, 3.63) is 20.4 Å². The first-order valence-corrected chi connectivity index (χ1v) is 9.10. The van der Waals surface area contributed by atoms with Gasteiger partial charge in [0.25, 0.3) is 0 Å². The summed E-state index contributed by atoms with van der Waals surface area (Å²) in [6.45, 7) is 1.62. The fourth-order valence-electron chi connectivity index (χ4n) is 1.41. The molecule has 3 nitrogen and oxygen atoms in total. The van der Waals surface area contributed by atoms with Crippen LogP contribution in [-0.2, 0) is 0 Å². The van der Waals surface area contributed by atoms with Crippen LogP contribution in [-0.4, -0.2) is 25.2 Å². The Labute approximate surface area is 126 Å². The Kier molecular flexibility index (Phi) is 4.97. The van der Waals surface area contributed by atoms with Crippen molar-refractivity contribution in [3.8, 4) is 0 Å². The van der Waals surface area contributed by atoms with Crippen LogP contribution in [0.1, 0.15) is 0 Å². The molecular formula is C11H13BrN2OS3. The Morgan fingerprint density at radius 1 is 1.56 bits per heavy atom. The summed E-state index contributed by atoms with van der Waals surface area (Å²) in [7, 11) is 0.00564. The van der Waals surface area contributed by atoms with Gasteiger partial charge >= 0.3 is 0 Å². The van der Waals surface area contributed by atoms with Crippen molar-refractivity contribution in [1.82, 2.24) is 4.72 Å². The van der Waals surface area contributed by atoms with Crippen LogP contribution >= 0.6 is 50.2 Å². The van der Waals surface area contributed by atoms with Crippen LogP contribution in [0.3, 0.4) is 0 Å². The number of hydrogen-bond acceptors (Lipinski definition) is 5. The summed E-state index contributed by atoms with van der Waals surface area (Å²) < 4.78 is 11.8. The van der Waals surface area contributed by atoms with Crippen molar-refractivity contribution in [2.75, 3.05) is 24.7 Å². The molecule has 1 atom stereocenters. The Morgan fingerprint density at radius 2 is 2.33 bits per heavy atom. The zero-order chi connectivity index (χ0) is 13.1. The fraction of sp³-hybridized carbons (Fsp3) is 0.273. The van der Waals surface area contributed by atoms with E-state index in [1.807, 2.05) is 17.7 Å². The monoisotopic (exact) mass is 364 g/mol. The second kappa shape index (κ2) is 6.29. The molecule has 0 fully saturated rings. The van der Waals surface area contributed by atoms with E-state index in [0.29, 0.717) is 5.88 Å². The zero-order valence-corrected chi connectivity index (χ0v) is 13.8. The van der Waals surface area contributed by atoms with Gasteiger partial charge < -0.3 is 9.73 Å². The molecule has 0 radical (unpaired) electrons. The number of hydrogen-bond donors (Lipinski definition) is 2. The lowest BCUT2D eigenvalue weighted by Gasteiger charge is -2.07. The smallest absolute Gasteiger partial charge is 0.195 e. The van der Waals surface area contributed by atoms with Gasteiger partial charge in [0, 0.05) is 24.5 Å². The summed E-state index contributed by atoms with van der Waals surface area (Å²) in [5.41, 5.74) is 0.815. The first-order valence-electron chi connectivity index (χ1n) is 5.22. The Morgan fingerprint density at radius 3 is 3.06 bits per heavy atom. The average Bonchev–Trinajstić information content (AvgIpc) is 2.67. The maximum atomic E-state index is 5.77. The molecule has 0 spiro atoms. The first kappa shape index (κ1) is 14.2. The average molecular weight is 365 g/mol. The third-order valence-electron chi connectivity index (χ3n) is 2.17. The van der Waals surface area contributed by atoms with Crippen molar-refractivity contribution in [3.63, 3.8) is 0 Å². The number of nitrogens with one attached hydrogen (secondary N) is 2. The Hall–Kier alpha value is -0.210. The van der Waals surface area contributed by atoms with E-state index in [2.05, 4.69) is 31.8 Å². The zero-order valence-electron chi connectivity index (χ0n) is 9.79. The van der Waals surface area contributed by atoms with Crippen LogP contribution in [0.2, 0.25) is 0 Å². The predicted molar refractivity (Wildman–Crippen MR) is 89.8 cm³/mol. The van der Waals surface area contributed by atoms with Gasteiger partial charge in [-0.15, -0.1) is 22.0 Å². The summed E-state index contributed by atoms with van der Waals surface area (Å²) in [4.78, 5) is 0. The predicted octanol–water partition coefficient (Wildman–Crippen LogP) is 4.23. The molecule has 98 valence electrons. The third kappa shape index (κ3) is 3.42. The van der Waals surface area contributed by atoms with Crippen LogP contribution in [0.5, 0.6) is 0 Å². The van der Waals surface area contributed by atoms with Crippen LogP contribution in [0.25, 0.3) is 10.3 Å². The van der Waals surface area contributed by atoms with Gasteiger partial charge in [-0.05, 0) is 22.2 Å². The number of rotatable bonds is 5. The number of thiophene rings is 1. The summed E-state index contributed by atoms with van der Waals surface area (Å²) >= 11 is 10.4. The van der Waals surface area contributed by atoms with Gasteiger partial charge in [0.05, 0.1) is 13.7 Å². The van der Waals surface area contributed by atoms with Crippen LogP contribution in [0, 0.1) is 4.51 Å². The van der Waals surface area contributed by atoms with E-state index in [-0.39, 0.29) is 10.7 Å². The van der Waals surface area contributed by atoms with Crippen LogP contribution < -0.4 is 10.0 Å². The molecule has 0 aromatic carbocycles. The standard InChI is InChI=1S/C11H13BrN2OS3/c1-18(2)14-4-3-13-9-5-8(16)11-10(15-9)7(12)6-17-11/h5-6,13-14H,1,3-4H2,2H3. The van der Waals surface area contributed by atoms with E-state index in [0.717, 1.165) is 32.4 Å². The van der Waals surface area contributed by atoms with E-state index < -0.39 is 0 Å². The largest absolute Gasteiger partial charge is 0.439 e. The molecule has 1 unspecified atom stereocenters. The van der Waals surface area contributed by atoms with Crippen molar-refractivity contribution in [2.24, 2.45) is 0 Å². The number of anilines is 1. The molecule has 2 heterocycles. The van der Waals surface area contributed by atoms with Gasteiger partial charge in [0.1, 0.15) is 0 Å². The molecule has 0 aliphatic rings. The Bertz CT molecular complexity index is 635. The first-order chi connectivity index (χ1) is 8.58. The lowest BCUT2D eigenvalue weighted by atomic mass is 10.4. The van der Waals surface area contributed by atoms with Crippen molar-refractivity contribution >= 4 is 72.2 Å². The molecule has 7 heteroatoms. The Balaban J connectivity index is 2.12. The molecular weight excluding hydrogens is 352 g/mol. The van der Waals surface area contributed by atoms with Crippen LogP contribution in [0.15, 0.2) is 20.3 Å². The van der Waals surface area contributed by atoms with Gasteiger partial charge in [-0.1, -0.05) is 18.1 Å². The molecule has 0 amide bonds. The van der Waals surface area contributed by atoms with E-state index in [1.165, 1.54) is 0 Å². The van der Waals surface area contributed by atoms with Gasteiger partial charge in [-0.3, -0.25) is 4.72 Å². The minimum Gasteiger partial charge on any atom is -0.439 e. The lowest BCUT2D eigenvalue weighted by molar-refractivity contribution is 0.614. The molecule has 0 bridgehead atoms. The topological polar surface area (TPSA) is 37.2 Å². The van der Waals surface area contributed by atoms with E-state index in [9.17, 15) is 0 Å². The van der Waals surface area contributed by atoms with Crippen LogP contribution in [0.4, 0.5) is 5.88 Å². The maximum absolute atomic E-state index is 5.77. The highest BCUT2D eigenvalue weighted by atomic mass is 79.9. The quantitative estimate of drug-likeness (QED) is 0.614. The van der Waals surface area contributed by atoms with Gasteiger partial charge in [-0.25, -0.2) is 0 Å². The minimum absolute atomic E-state index is 0.00564. The minimum atomic E-state index is 0.00564. The fourth-order valence-corrected chi connectivity index (χ4v) is 3.66. The molecule has 2 N–H and O–H groups in total. The third-order valence-corrected chi connectivity index (χ3v) is 5.21. The molecule has 18 heavy (non-hydrogen) atoms. The molecule has 0 saturated heterocycles. The number of fused-ring (bicyclic) bond motifs is 1. The summed E-state index contributed by atoms with van der Waals surface area (Å²) in [5, 5.41) is 5.20. The molecule has 2 aromatic heterocycles. The number of halogens is 1. The van der Waals surface area contributed by atoms with Crippen molar-refractivity contribution < 1.29 is 4.42 Å². The van der Waals surface area contributed by atoms with Gasteiger partial charge in [0.2, 0.25) is 0 Å². The van der Waals surface area contributed by atoms with Crippen molar-refractivity contribution in [2.45, 2.75) is 0 Å². The molecule has 0 aliphatic carbocycles. The normalized spacial score (nSPS) is 12.8. The second-order valence-corrected chi connectivity index (χ2v) is 7.41. The highest BCUT2D eigenvalue weighted by Crippen LogP contribution is 2.33. The molecule has 0 aliphatic heterocycles. The summed E-state index contributed by atoms with van der Waals surface area (Å²) in [6, 6.07) is 1.86. The molecule has 2 rings (SSSR count). The summed E-state index contributed by atoms with van der Waals surface area (Å²) in [5.74, 6) is 4.59. The second-order valence-electron chi connectivity index (χ2n) is 3.68. The highest BCUT2D eigenvalue weighted by molar-refractivity contribution is 9.10. The molecule has 0 saturated carbocycles. The highest BCUT2D eigenvalue weighted by Gasteiger charge is 2.07.